The van der Waals surface area contributed by atoms with Crippen LogP contribution in [0.2, 0.25) is 0 Å². The topological polar surface area (TPSA) is 101 Å². The molecule has 0 spiro atoms. The van der Waals surface area contributed by atoms with E-state index in [2.05, 4.69) is 46.7 Å². The van der Waals surface area contributed by atoms with Crippen molar-refractivity contribution in [3.05, 3.63) is 60.1 Å². The summed E-state index contributed by atoms with van der Waals surface area (Å²) in [6.45, 7) is 9.64. The number of likely N-dealkylation sites (N-methyl/N-ethyl adjacent to an activating group) is 1. The van der Waals surface area contributed by atoms with Crippen molar-refractivity contribution in [2.75, 3.05) is 58.3 Å². The monoisotopic (exact) mass is 636 g/mol. The zero-order chi connectivity index (χ0) is 32.4. The van der Waals surface area contributed by atoms with E-state index in [1.807, 2.05) is 38.1 Å². The number of imidazole rings is 1. The first-order valence-corrected chi connectivity index (χ1v) is 15.6. The van der Waals surface area contributed by atoms with Crippen LogP contribution in [0.15, 0.2) is 43.1 Å². The second-order valence-corrected chi connectivity index (χ2v) is 12.2. The Morgan fingerprint density at radius 3 is 2.33 bits per heavy atom. The molecule has 4 heterocycles. The molecule has 14 heteroatoms. The molecule has 4 aromatic rings. The van der Waals surface area contributed by atoms with Gasteiger partial charge in [-0.25, -0.2) is 24.9 Å². The molecule has 1 saturated carbocycles. The highest BCUT2D eigenvalue weighted by Gasteiger charge is 2.35. The van der Waals surface area contributed by atoms with Crippen molar-refractivity contribution in [3.8, 4) is 28.7 Å². The molecule has 6 rings (SSSR count). The lowest BCUT2D eigenvalue weighted by molar-refractivity contribution is -0.140. The molecule has 0 bridgehead atoms. The lowest BCUT2D eigenvalue weighted by Gasteiger charge is -2.34. The number of hydrogen-bond donors (Lipinski definition) is 0. The van der Waals surface area contributed by atoms with E-state index in [-0.39, 0.29) is 11.9 Å². The van der Waals surface area contributed by atoms with Gasteiger partial charge in [-0.05, 0) is 39.3 Å². The summed E-state index contributed by atoms with van der Waals surface area (Å²) in [5, 5.41) is 0. The van der Waals surface area contributed by atoms with Crippen LogP contribution in [-0.4, -0.2) is 97.7 Å². The van der Waals surface area contributed by atoms with Gasteiger partial charge in [0.15, 0.2) is 11.5 Å². The first-order chi connectivity index (χ1) is 22.1. The second kappa shape index (κ2) is 13.3. The van der Waals surface area contributed by atoms with Crippen molar-refractivity contribution in [2.45, 2.75) is 51.4 Å². The quantitative estimate of drug-likeness (QED) is 0.225. The van der Waals surface area contributed by atoms with E-state index in [0.717, 1.165) is 63.0 Å². The number of hydrogen-bond acceptors (Lipinski definition) is 10. The number of ether oxygens (including phenoxy) is 1. The first kappa shape index (κ1) is 31.8. The average Bonchev–Trinajstić information content (AvgIpc) is 3.79. The molecule has 11 nitrogen and oxygen atoms in total. The standard InChI is InChI=1S/C32H39F3N10O/c1-21(2)45-18-25(32(33,34)35)40-29(45)24-7-5-22(6-8-24)17-44(16-15-43-13-11-42(3)12-14-43)31-39-20-37-28(41-31)26-27(23-9-10-23)36-19-38-30(26)46-4/h5-8,18-21,23H,9-17H2,1-4H3. The van der Waals surface area contributed by atoms with Crippen molar-refractivity contribution in [2.24, 2.45) is 0 Å². The molecule has 0 radical (unpaired) electrons. The number of nitrogens with zero attached hydrogens (tertiary/aromatic N) is 10. The maximum Gasteiger partial charge on any atom is 0.434 e. The highest BCUT2D eigenvalue weighted by atomic mass is 19.4. The molecule has 2 fully saturated rings. The summed E-state index contributed by atoms with van der Waals surface area (Å²) < 4.78 is 47.6. The molecule has 1 saturated heterocycles. The number of piperazine rings is 1. The summed E-state index contributed by atoms with van der Waals surface area (Å²) in [7, 11) is 3.71. The van der Waals surface area contributed by atoms with E-state index in [4.69, 9.17) is 9.72 Å². The van der Waals surface area contributed by atoms with Gasteiger partial charge in [-0.1, -0.05) is 24.3 Å². The van der Waals surface area contributed by atoms with E-state index in [0.29, 0.717) is 47.8 Å². The van der Waals surface area contributed by atoms with Crippen LogP contribution >= 0.6 is 0 Å². The van der Waals surface area contributed by atoms with Gasteiger partial charge in [-0.3, -0.25) is 4.90 Å². The van der Waals surface area contributed by atoms with E-state index in [9.17, 15) is 13.2 Å². The fourth-order valence-electron chi connectivity index (χ4n) is 5.67. The molecule has 46 heavy (non-hydrogen) atoms. The Morgan fingerprint density at radius 1 is 0.957 bits per heavy atom. The van der Waals surface area contributed by atoms with E-state index in [1.54, 1.807) is 11.7 Å². The number of rotatable bonds is 11. The molecule has 0 atom stereocenters. The molecule has 0 N–H and O–H groups in total. The molecule has 1 aliphatic carbocycles. The van der Waals surface area contributed by atoms with Crippen molar-refractivity contribution in [1.82, 2.24) is 44.3 Å². The van der Waals surface area contributed by atoms with Crippen LogP contribution in [0.4, 0.5) is 19.1 Å². The molecular formula is C32H39F3N10O. The Kier molecular flexibility index (Phi) is 9.18. The van der Waals surface area contributed by atoms with Crippen molar-refractivity contribution in [3.63, 3.8) is 0 Å². The Bertz CT molecular complexity index is 1630. The maximum atomic E-state index is 13.5. The minimum absolute atomic E-state index is 0.185. The van der Waals surface area contributed by atoms with Gasteiger partial charge in [-0.15, -0.1) is 0 Å². The summed E-state index contributed by atoms with van der Waals surface area (Å²) in [6, 6.07) is 7.30. The number of methoxy groups -OCH3 is 1. The molecule has 2 aliphatic rings. The lowest BCUT2D eigenvalue weighted by atomic mass is 10.1. The van der Waals surface area contributed by atoms with Gasteiger partial charge in [0.1, 0.15) is 24.0 Å². The normalized spacial score (nSPS) is 16.3. The Balaban J connectivity index is 1.29. The van der Waals surface area contributed by atoms with Crippen molar-refractivity contribution >= 4 is 5.95 Å². The third-order valence-corrected chi connectivity index (χ3v) is 8.51. The van der Waals surface area contributed by atoms with Crippen LogP contribution in [0.5, 0.6) is 5.88 Å². The highest BCUT2D eigenvalue weighted by Crippen LogP contribution is 2.44. The van der Waals surface area contributed by atoms with Gasteiger partial charge in [0.05, 0.1) is 12.8 Å². The van der Waals surface area contributed by atoms with Gasteiger partial charge < -0.3 is 19.1 Å². The number of aromatic nitrogens is 7. The van der Waals surface area contributed by atoms with Crippen LogP contribution in [0.3, 0.4) is 0 Å². The van der Waals surface area contributed by atoms with Crippen LogP contribution in [-0.2, 0) is 12.7 Å². The number of anilines is 1. The fourth-order valence-corrected chi connectivity index (χ4v) is 5.67. The van der Waals surface area contributed by atoms with Gasteiger partial charge in [-0.2, -0.15) is 18.2 Å². The zero-order valence-corrected chi connectivity index (χ0v) is 26.6. The summed E-state index contributed by atoms with van der Waals surface area (Å²) in [5.41, 5.74) is 2.26. The Morgan fingerprint density at radius 2 is 1.67 bits per heavy atom. The van der Waals surface area contributed by atoms with Gasteiger partial charge >= 0.3 is 6.18 Å². The molecule has 3 aromatic heterocycles. The van der Waals surface area contributed by atoms with Crippen molar-refractivity contribution in [1.29, 1.82) is 0 Å². The molecule has 0 unspecified atom stereocenters. The van der Waals surface area contributed by atoms with Crippen LogP contribution in [0.1, 0.15) is 55.6 Å². The van der Waals surface area contributed by atoms with Gasteiger partial charge in [0, 0.05) is 69.5 Å². The molecule has 0 amide bonds. The van der Waals surface area contributed by atoms with Crippen LogP contribution < -0.4 is 9.64 Å². The summed E-state index contributed by atoms with van der Waals surface area (Å²) >= 11 is 0. The molecule has 1 aromatic carbocycles. The van der Waals surface area contributed by atoms with E-state index >= 15 is 0 Å². The lowest BCUT2D eigenvalue weighted by Crippen LogP contribution is -2.47. The maximum absolute atomic E-state index is 13.5. The predicted octanol–water partition coefficient (Wildman–Crippen LogP) is 4.93. The van der Waals surface area contributed by atoms with E-state index < -0.39 is 11.9 Å². The fraction of sp³-hybridized carbons (Fsp3) is 0.500. The highest BCUT2D eigenvalue weighted by molar-refractivity contribution is 5.66. The Hall–Kier alpha value is -4.17. The smallest absolute Gasteiger partial charge is 0.434 e. The SMILES string of the molecule is COc1ncnc(C2CC2)c1-c1ncnc(N(CCN2CCN(C)CC2)Cc2ccc(-c3nc(C(F)(F)F)cn3C(C)C)cc2)n1. The summed E-state index contributed by atoms with van der Waals surface area (Å²) in [6.07, 6.45) is 1.68. The first-order valence-electron chi connectivity index (χ1n) is 15.6. The minimum atomic E-state index is -4.52. The third kappa shape index (κ3) is 7.12. The molecular weight excluding hydrogens is 597 g/mol. The van der Waals surface area contributed by atoms with Crippen molar-refractivity contribution < 1.29 is 17.9 Å². The molecule has 1 aliphatic heterocycles. The summed E-state index contributed by atoms with van der Waals surface area (Å²) in [5.74, 6) is 2.03. The largest absolute Gasteiger partial charge is 0.480 e. The molecule has 244 valence electrons. The van der Waals surface area contributed by atoms with E-state index in [1.165, 1.54) is 12.7 Å². The van der Waals surface area contributed by atoms with Crippen LogP contribution in [0.25, 0.3) is 22.8 Å². The number of halogens is 3. The van der Waals surface area contributed by atoms with Crippen LogP contribution in [0, 0.1) is 0 Å². The zero-order valence-electron chi connectivity index (χ0n) is 26.6. The van der Waals surface area contributed by atoms with Gasteiger partial charge in [0.25, 0.3) is 0 Å². The number of alkyl halides is 3. The second-order valence-electron chi connectivity index (χ2n) is 12.2. The third-order valence-electron chi connectivity index (χ3n) is 8.51. The Labute approximate surface area is 266 Å². The average molecular weight is 637 g/mol. The van der Waals surface area contributed by atoms with Gasteiger partial charge in [0.2, 0.25) is 11.8 Å². The predicted molar refractivity (Wildman–Crippen MR) is 167 cm³/mol. The minimum Gasteiger partial charge on any atom is -0.480 e. The number of benzene rings is 1. The summed E-state index contributed by atoms with van der Waals surface area (Å²) in [4.78, 5) is 33.7.